The van der Waals surface area contributed by atoms with Crippen LogP contribution in [0.15, 0.2) is 0 Å². The van der Waals surface area contributed by atoms with E-state index >= 15 is 0 Å². The topological polar surface area (TPSA) is 83.8 Å². The van der Waals surface area contributed by atoms with Gasteiger partial charge in [-0.1, -0.05) is 45.4 Å². The SMILES string of the molecule is CCCc1[nH]nc(C(=O)NCCC2CCCCC2)c1N. The van der Waals surface area contributed by atoms with Crippen LogP contribution in [-0.4, -0.2) is 22.6 Å². The van der Waals surface area contributed by atoms with Crippen LogP contribution in [0.25, 0.3) is 0 Å². The summed E-state index contributed by atoms with van der Waals surface area (Å²) >= 11 is 0. The van der Waals surface area contributed by atoms with Crippen LogP contribution in [0.3, 0.4) is 0 Å². The van der Waals surface area contributed by atoms with Gasteiger partial charge in [-0.3, -0.25) is 9.89 Å². The fourth-order valence-corrected chi connectivity index (χ4v) is 2.95. The molecule has 0 aliphatic heterocycles. The molecule has 5 nitrogen and oxygen atoms in total. The van der Waals surface area contributed by atoms with Crippen LogP contribution in [0.1, 0.15) is 68.1 Å². The van der Waals surface area contributed by atoms with Gasteiger partial charge >= 0.3 is 0 Å². The largest absolute Gasteiger partial charge is 0.395 e. The van der Waals surface area contributed by atoms with Crippen LogP contribution in [-0.2, 0) is 6.42 Å². The highest BCUT2D eigenvalue weighted by Gasteiger charge is 2.17. The third kappa shape index (κ3) is 3.74. The number of nitrogen functional groups attached to an aromatic ring is 1. The lowest BCUT2D eigenvalue weighted by atomic mass is 9.87. The second-order valence-corrected chi connectivity index (χ2v) is 5.76. The molecule has 1 heterocycles. The van der Waals surface area contributed by atoms with Gasteiger partial charge in [0.2, 0.25) is 0 Å². The van der Waals surface area contributed by atoms with E-state index in [1.807, 2.05) is 0 Å². The molecule has 1 amide bonds. The molecule has 112 valence electrons. The standard InChI is InChI=1S/C15H26N4O/c1-2-6-12-13(16)14(19-18-12)15(20)17-10-9-11-7-4-3-5-8-11/h11H,2-10,16H2,1H3,(H,17,20)(H,18,19). The Balaban J connectivity index is 1.79. The van der Waals surface area contributed by atoms with Gasteiger partial charge in [-0.05, 0) is 18.8 Å². The zero-order chi connectivity index (χ0) is 14.4. The molecule has 0 bridgehead atoms. The molecule has 0 spiro atoms. The van der Waals surface area contributed by atoms with E-state index in [-0.39, 0.29) is 5.91 Å². The van der Waals surface area contributed by atoms with Crippen molar-refractivity contribution in [2.45, 2.75) is 58.3 Å². The molecule has 0 unspecified atom stereocenters. The number of aryl methyl sites for hydroxylation is 1. The molecule has 2 rings (SSSR count). The zero-order valence-electron chi connectivity index (χ0n) is 12.4. The summed E-state index contributed by atoms with van der Waals surface area (Å²) in [6, 6.07) is 0. The average Bonchev–Trinajstić information content (AvgIpc) is 2.82. The van der Waals surface area contributed by atoms with Gasteiger partial charge in [-0.2, -0.15) is 5.10 Å². The van der Waals surface area contributed by atoms with Gasteiger partial charge in [0, 0.05) is 6.54 Å². The smallest absolute Gasteiger partial charge is 0.273 e. The van der Waals surface area contributed by atoms with E-state index in [1.54, 1.807) is 0 Å². The lowest BCUT2D eigenvalue weighted by molar-refractivity contribution is 0.0946. The number of aromatic amines is 1. The van der Waals surface area contributed by atoms with E-state index in [4.69, 9.17) is 5.73 Å². The van der Waals surface area contributed by atoms with Crippen LogP contribution in [0.2, 0.25) is 0 Å². The van der Waals surface area contributed by atoms with Crippen molar-refractivity contribution in [3.63, 3.8) is 0 Å². The van der Waals surface area contributed by atoms with Gasteiger partial charge in [-0.25, -0.2) is 0 Å². The molecule has 0 saturated heterocycles. The van der Waals surface area contributed by atoms with E-state index in [9.17, 15) is 4.79 Å². The Morgan fingerprint density at radius 2 is 2.15 bits per heavy atom. The minimum Gasteiger partial charge on any atom is -0.395 e. The quantitative estimate of drug-likeness (QED) is 0.748. The summed E-state index contributed by atoms with van der Waals surface area (Å²) in [6.07, 6.45) is 9.53. The van der Waals surface area contributed by atoms with Crippen LogP contribution < -0.4 is 11.1 Å². The number of rotatable bonds is 6. The number of nitrogens with one attached hydrogen (secondary N) is 2. The predicted molar refractivity (Wildman–Crippen MR) is 80.5 cm³/mol. The van der Waals surface area contributed by atoms with Crippen LogP contribution in [0.5, 0.6) is 0 Å². The number of carbonyl (C=O) groups excluding carboxylic acids is 1. The summed E-state index contributed by atoms with van der Waals surface area (Å²) in [4.78, 5) is 12.1. The number of carbonyl (C=O) groups is 1. The highest BCUT2D eigenvalue weighted by molar-refractivity contribution is 5.97. The number of nitrogens with zero attached hydrogens (tertiary/aromatic N) is 1. The van der Waals surface area contributed by atoms with E-state index in [2.05, 4.69) is 22.4 Å². The maximum atomic E-state index is 12.1. The Bertz CT molecular complexity index is 435. The number of anilines is 1. The van der Waals surface area contributed by atoms with Crippen molar-refractivity contribution >= 4 is 11.6 Å². The second kappa shape index (κ2) is 7.31. The summed E-state index contributed by atoms with van der Waals surface area (Å²) in [5, 5.41) is 9.84. The molecular formula is C15H26N4O. The molecule has 0 radical (unpaired) electrons. The van der Waals surface area contributed by atoms with Crippen LogP contribution in [0.4, 0.5) is 5.69 Å². The first kappa shape index (κ1) is 14.9. The summed E-state index contributed by atoms with van der Waals surface area (Å²) in [5.74, 6) is 0.619. The highest BCUT2D eigenvalue weighted by Crippen LogP contribution is 2.25. The van der Waals surface area contributed by atoms with Gasteiger partial charge in [-0.15, -0.1) is 0 Å². The number of hydrogen-bond donors (Lipinski definition) is 3. The zero-order valence-corrected chi connectivity index (χ0v) is 12.4. The van der Waals surface area contributed by atoms with Crippen molar-refractivity contribution in [1.82, 2.24) is 15.5 Å². The molecule has 0 atom stereocenters. The van der Waals surface area contributed by atoms with Gasteiger partial charge < -0.3 is 11.1 Å². The third-order valence-electron chi connectivity index (χ3n) is 4.16. The Kier molecular flexibility index (Phi) is 5.44. The highest BCUT2D eigenvalue weighted by atomic mass is 16.1. The molecule has 4 N–H and O–H groups in total. The normalized spacial score (nSPS) is 16.2. The molecule has 20 heavy (non-hydrogen) atoms. The van der Waals surface area contributed by atoms with E-state index < -0.39 is 0 Å². The molecular weight excluding hydrogens is 252 g/mol. The number of amides is 1. The summed E-state index contributed by atoms with van der Waals surface area (Å²) in [7, 11) is 0. The minimum atomic E-state index is -0.156. The van der Waals surface area contributed by atoms with Crippen LogP contribution >= 0.6 is 0 Å². The Hall–Kier alpha value is -1.52. The first-order valence-corrected chi connectivity index (χ1v) is 7.83. The summed E-state index contributed by atoms with van der Waals surface area (Å²) in [5.41, 5.74) is 7.66. The molecule has 1 saturated carbocycles. The van der Waals surface area contributed by atoms with Crippen molar-refractivity contribution < 1.29 is 4.79 Å². The fraction of sp³-hybridized carbons (Fsp3) is 0.733. The van der Waals surface area contributed by atoms with Crippen LogP contribution in [0, 0.1) is 5.92 Å². The van der Waals surface area contributed by atoms with E-state index in [0.29, 0.717) is 11.4 Å². The van der Waals surface area contributed by atoms with Gasteiger partial charge in [0.05, 0.1) is 11.4 Å². The maximum absolute atomic E-state index is 12.1. The first-order valence-electron chi connectivity index (χ1n) is 7.83. The van der Waals surface area contributed by atoms with Gasteiger partial charge in [0.1, 0.15) is 0 Å². The van der Waals surface area contributed by atoms with E-state index in [0.717, 1.165) is 37.4 Å². The molecule has 1 aliphatic carbocycles. The number of nitrogens with two attached hydrogens (primary N) is 1. The predicted octanol–water partition coefficient (Wildman–Crippen LogP) is 2.64. The van der Waals surface area contributed by atoms with Crippen molar-refractivity contribution in [3.05, 3.63) is 11.4 Å². The van der Waals surface area contributed by atoms with E-state index in [1.165, 1.54) is 32.1 Å². The molecule has 5 heteroatoms. The minimum absolute atomic E-state index is 0.156. The first-order chi connectivity index (χ1) is 9.72. The number of aromatic nitrogens is 2. The lowest BCUT2D eigenvalue weighted by Gasteiger charge is -2.21. The lowest BCUT2D eigenvalue weighted by Crippen LogP contribution is -2.27. The van der Waals surface area contributed by atoms with Crippen molar-refractivity contribution in [2.24, 2.45) is 5.92 Å². The third-order valence-corrected chi connectivity index (χ3v) is 4.16. The molecule has 1 fully saturated rings. The molecule has 1 aromatic heterocycles. The Morgan fingerprint density at radius 3 is 2.85 bits per heavy atom. The van der Waals surface area contributed by atoms with Crippen molar-refractivity contribution in [2.75, 3.05) is 12.3 Å². The van der Waals surface area contributed by atoms with Crippen molar-refractivity contribution in [1.29, 1.82) is 0 Å². The number of hydrogen-bond acceptors (Lipinski definition) is 3. The maximum Gasteiger partial charge on any atom is 0.273 e. The monoisotopic (exact) mass is 278 g/mol. The Labute approximate surface area is 120 Å². The number of H-pyrrole nitrogens is 1. The van der Waals surface area contributed by atoms with Crippen molar-refractivity contribution in [3.8, 4) is 0 Å². The molecule has 1 aromatic rings. The second-order valence-electron chi connectivity index (χ2n) is 5.76. The van der Waals surface area contributed by atoms with Gasteiger partial charge in [0.15, 0.2) is 5.69 Å². The summed E-state index contributed by atoms with van der Waals surface area (Å²) < 4.78 is 0. The average molecular weight is 278 g/mol. The molecule has 0 aromatic carbocycles. The summed E-state index contributed by atoms with van der Waals surface area (Å²) in [6.45, 7) is 2.79. The Morgan fingerprint density at radius 1 is 1.40 bits per heavy atom. The molecule has 1 aliphatic rings. The fourth-order valence-electron chi connectivity index (χ4n) is 2.95. The van der Waals surface area contributed by atoms with Gasteiger partial charge in [0.25, 0.3) is 5.91 Å².